The molecule has 5 fully saturated rings. The molecule has 0 aliphatic carbocycles. The van der Waals surface area contributed by atoms with Crippen LogP contribution in [0.25, 0.3) is 0 Å². The standard InChI is InChI=1S/C85H126N10O38/c1-50(96)92-70-76(128-59(10)105)73(125-56(7)102)61(44-121-53(4)99)129-79(70)118-37-17-14-25-64(106)86-31-20-34-89-67(109)28-40-115-47-85(93-82(112)124-43-60-23-12-11-13-24-60,48-116-41-29-68(110)90-35-21-32-87-65(107)26-15-18-38-119-80-71-77(132-83(113)94(71)51(2)97)74(126-57(8)103)62(130-80)45-122-54(5)100)49-117-42-30-69(111)91-36-22-33-88-66(108)27-16-19-39-120-81-72-78(133-84(114)95(72)52(3)98)75(127-58(9)104)63(131-81)46-123-55(6)101/h11-13,23-24,61-63,70-81H,14-22,25-49H2,1-10H3,(H,86,106)(H,87,107)(H,88,108)(H,89,109)(H,90,110)(H,91,111)(H,92,96)(H,93,112)/t61-,62-,63-,70-,71-,72-,73+,74+,75+,76-,77-,78-,79-,80-,81-/m1/s1. The Morgan fingerprint density at radius 1 is 0.361 bits per heavy atom. The molecule has 48 nitrogen and oxygen atoms in total. The van der Waals surface area contributed by atoms with Gasteiger partial charge in [-0.25, -0.2) is 24.2 Å². The first-order chi connectivity index (χ1) is 63.4. The second-order valence-electron chi connectivity index (χ2n) is 31.5. The van der Waals surface area contributed by atoms with Gasteiger partial charge in [-0.15, -0.1) is 0 Å². The quantitative estimate of drug-likeness (QED) is 0.0239. The van der Waals surface area contributed by atoms with Gasteiger partial charge in [0.25, 0.3) is 0 Å². The molecule has 0 saturated carbocycles. The number of amides is 12. The average molecular weight is 1900 g/mol. The summed E-state index contributed by atoms with van der Waals surface area (Å²) in [5.41, 5.74) is -0.962. The first kappa shape index (κ1) is 110. The minimum atomic E-state index is -1.61. The summed E-state index contributed by atoms with van der Waals surface area (Å²) >= 11 is 0. The second-order valence-corrected chi connectivity index (χ2v) is 31.5. The summed E-state index contributed by atoms with van der Waals surface area (Å²) in [5.74, 6) is -9.21. The van der Waals surface area contributed by atoms with Crippen molar-refractivity contribution in [1.82, 2.24) is 52.3 Å². The van der Waals surface area contributed by atoms with E-state index in [1.807, 2.05) is 0 Å². The number of carbonyl (C=O) groups excluding carboxylic acids is 19. The number of nitrogens with one attached hydrogen (secondary N) is 8. The third-order valence-corrected chi connectivity index (χ3v) is 20.3. The topological polar surface area (TPSA) is 602 Å². The Labute approximate surface area is 767 Å². The minimum absolute atomic E-state index is 0.0155. The summed E-state index contributed by atoms with van der Waals surface area (Å²) in [6.07, 6.45) is -15.3. The van der Waals surface area contributed by atoms with Crippen LogP contribution in [0.15, 0.2) is 30.3 Å². The first-order valence-corrected chi connectivity index (χ1v) is 43.9. The van der Waals surface area contributed by atoms with Gasteiger partial charge in [0.15, 0.2) is 55.5 Å². The molecule has 1 aromatic carbocycles. The van der Waals surface area contributed by atoms with Gasteiger partial charge in [-0.2, -0.15) is 0 Å². The van der Waals surface area contributed by atoms with Crippen LogP contribution in [-0.2, 0) is 173 Å². The van der Waals surface area contributed by atoms with Crippen molar-refractivity contribution in [1.29, 1.82) is 0 Å². The zero-order valence-corrected chi connectivity index (χ0v) is 76.5. The lowest BCUT2D eigenvalue weighted by Crippen LogP contribution is -2.66. The molecule has 0 radical (unpaired) electrons. The fourth-order valence-corrected chi connectivity index (χ4v) is 14.3. The van der Waals surface area contributed by atoms with E-state index >= 15 is 0 Å². The zero-order valence-electron chi connectivity index (χ0n) is 76.5. The number of imide groups is 2. The maximum atomic E-state index is 13.8. The van der Waals surface area contributed by atoms with Crippen molar-refractivity contribution < 1.29 is 181 Å². The van der Waals surface area contributed by atoms with E-state index in [1.165, 1.54) is 6.92 Å². The monoisotopic (exact) mass is 1890 g/mol. The van der Waals surface area contributed by atoms with Crippen LogP contribution in [0, 0.1) is 0 Å². The second kappa shape index (κ2) is 58.6. The number of hydrogen-bond acceptors (Lipinski definition) is 38. The molecule has 6 rings (SSSR count). The molecule has 5 saturated heterocycles. The first-order valence-electron chi connectivity index (χ1n) is 43.9. The van der Waals surface area contributed by atoms with E-state index in [-0.39, 0.29) is 162 Å². The molecule has 1 aromatic rings. The SMILES string of the molecule is CC(=O)N[C@H]1[C@H](OCCCCC(=O)NCCCNC(=O)CCOCC(COCCC(=O)NCCCNC(=O)CCCCO[C@@H]2O[C@H](COC(C)=O)[C@H](OC(C)=O)[C@@H]3OC(=O)N(C(C)=O)[C@@H]23)(COCCC(=O)NCCCNC(=O)CCCCO[C@@H]2O[C@H](COC(C)=O)[C@H](OC(C)=O)[C@@H]3OC(=O)N(C(C)=O)[C@@H]23)NC(=O)OCc2ccccc2)O[C@H](COC(C)=O)[C@H](OC(C)=O)[C@@H]1OC(C)=O. The fraction of sp³-hybridized carbons (Fsp3) is 0.706. The van der Waals surface area contributed by atoms with Crippen LogP contribution in [0.5, 0.6) is 0 Å². The maximum Gasteiger partial charge on any atom is 0.417 e. The van der Waals surface area contributed by atoms with Crippen molar-refractivity contribution in [3.05, 3.63) is 35.9 Å². The van der Waals surface area contributed by atoms with Crippen LogP contribution in [0.1, 0.15) is 171 Å². The highest BCUT2D eigenvalue weighted by Crippen LogP contribution is 2.38. The van der Waals surface area contributed by atoms with Crippen molar-refractivity contribution in [3.63, 3.8) is 0 Å². The molecule has 0 aromatic heterocycles. The van der Waals surface area contributed by atoms with E-state index < -0.39 is 213 Å². The van der Waals surface area contributed by atoms with Gasteiger partial charge in [-0.3, -0.25) is 76.7 Å². The Hall–Kier alpha value is -11.4. The largest absolute Gasteiger partial charge is 0.463 e. The van der Waals surface area contributed by atoms with Crippen LogP contribution < -0.4 is 42.5 Å². The van der Waals surface area contributed by atoms with Gasteiger partial charge >= 0.3 is 60.1 Å². The third kappa shape index (κ3) is 40.1. The highest BCUT2D eigenvalue weighted by Gasteiger charge is 2.62. The molecular formula is C85H126N10O38. The molecule has 48 heteroatoms. The number of nitrogens with zero attached hydrogens (tertiary/aromatic N) is 2. The van der Waals surface area contributed by atoms with Crippen LogP contribution >= 0.6 is 0 Å². The van der Waals surface area contributed by atoms with E-state index in [1.54, 1.807) is 30.3 Å². The summed E-state index contributed by atoms with van der Waals surface area (Å²) in [7, 11) is 0. The lowest BCUT2D eigenvalue weighted by atomic mass is 9.96. The Bertz CT molecular complexity index is 3900. The fourth-order valence-electron chi connectivity index (χ4n) is 14.3. The number of alkyl carbamates (subject to hydrolysis) is 1. The summed E-state index contributed by atoms with van der Waals surface area (Å²) in [6.45, 7) is 9.25. The summed E-state index contributed by atoms with van der Waals surface area (Å²) < 4.78 is 108. The number of rotatable bonds is 59. The summed E-state index contributed by atoms with van der Waals surface area (Å²) in [5, 5.41) is 22.1. The summed E-state index contributed by atoms with van der Waals surface area (Å²) in [4.78, 5) is 240. The van der Waals surface area contributed by atoms with E-state index in [2.05, 4.69) is 42.5 Å². The smallest absolute Gasteiger partial charge is 0.417 e. The van der Waals surface area contributed by atoms with E-state index in [0.717, 1.165) is 72.1 Å². The third-order valence-electron chi connectivity index (χ3n) is 20.3. The minimum Gasteiger partial charge on any atom is -0.463 e. The number of carbonyl (C=O) groups is 19. The number of benzene rings is 1. The zero-order chi connectivity index (χ0) is 97.5. The maximum absolute atomic E-state index is 13.8. The molecule has 8 N–H and O–H groups in total. The summed E-state index contributed by atoms with van der Waals surface area (Å²) in [6, 6.07) is 5.24. The molecule has 0 spiro atoms. The van der Waals surface area contributed by atoms with Crippen LogP contribution in [-0.4, -0.2) is 339 Å². The van der Waals surface area contributed by atoms with Gasteiger partial charge in [0, 0.05) is 167 Å². The van der Waals surface area contributed by atoms with Crippen LogP contribution in [0.2, 0.25) is 0 Å². The molecule has 0 bridgehead atoms. The highest BCUT2D eigenvalue weighted by molar-refractivity contribution is 5.93. The predicted octanol–water partition coefficient (Wildman–Crippen LogP) is -0.133. The number of esters is 7. The number of hydrogen-bond donors (Lipinski definition) is 8. The van der Waals surface area contributed by atoms with Crippen molar-refractivity contribution in [2.24, 2.45) is 0 Å². The van der Waals surface area contributed by atoms with Gasteiger partial charge in [-0.05, 0) is 63.4 Å². The Morgan fingerprint density at radius 2 is 0.684 bits per heavy atom. The predicted molar refractivity (Wildman–Crippen MR) is 449 cm³/mol. The lowest BCUT2D eigenvalue weighted by molar-refractivity contribution is -0.277. The van der Waals surface area contributed by atoms with Gasteiger partial charge in [0.05, 0.1) is 39.6 Å². The van der Waals surface area contributed by atoms with Crippen molar-refractivity contribution in [3.8, 4) is 0 Å². The number of ether oxygens (including phenoxy) is 19. The van der Waals surface area contributed by atoms with Crippen molar-refractivity contribution in [2.75, 3.05) is 119 Å². The van der Waals surface area contributed by atoms with Gasteiger partial charge < -0.3 is 133 Å². The lowest BCUT2D eigenvalue weighted by Gasteiger charge is -2.44. The Balaban J connectivity index is 0.972. The molecule has 5 heterocycles. The molecular weight excluding hydrogens is 1770 g/mol. The number of unbranched alkanes of at least 4 members (excludes halogenated alkanes) is 3. The van der Waals surface area contributed by atoms with Gasteiger partial charge in [0.2, 0.25) is 53.2 Å². The van der Waals surface area contributed by atoms with Gasteiger partial charge in [0.1, 0.15) is 68.4 Å². The normalized spacial score (nSPS) is 22.2. The Morgan fingerprint density at radius 3 is 1.02 bits per heavy atom. The number of fused-ring (bicyclic) bond motifs is 2. The molecule has 5 aliphatic rings. The van der Waals surface area contributed by atoms with Gasteiger partial charge in [-0.1, -0.05) is 30.3 Å². The van der Waals surface area contributed by atoms with Crippen molar-refractivity contribution >= 4 is 113 Å². The molecule has 5 aliphatic heterocycles. The van der Waals surface area contributed by atoms with E-state index in [0.29, 0.717) is 63.4 Å². The van der Waals surface area contributed by atoms with E-state index in [4.69, 9.17) is 90.0 Å². The van der Waals surface area contributed by atoms with Crippen molar-refractivity contribution in [2.45, 2.75) is 270 Å². The molecule has 744 valence electrons. The van der Waals surface area contributed by atoms with Crippen LogP contribution in [0.3, 0.4) is 0 Å². The molecule has 0 unspecified atom stereocenters. The van der Waals surface area contributed by atoms with Crippen LogP contribution in [0.4, 0.5) is 14.4 Å². The molecule has 133 heavy (non-hydrogen) atoms. The average Bonchev–Trinajstić information content (AvgIpc) is 1.61. The highest BCUT2D eigenvalue weighted by atomic mass is 16.7. The molecule has 12 amide bonds. The Kier molecular flexibility index (Phi) is 48.6. The molecule has 15 atom stereocenters. The van der Waals surface area contributed by atoms with E-state index in [9.17, 15) is 91.1 Å².